The molecular weight excluding hydrogens is 266 g/mol. The Morgan fingerprint density at radius 1 is 1.29 bits per heavy atom. The van der Waals surface area contributed by atoms with Crippen LogP contribution in [0.3, 0.4) is 0 Å². The minimum atomic E-state index is 0.0369. The van der Waals surface area contributed by atoms with E-state index in [0.29, 0.717) is 6.42 Å². The molecule has 1 heterocycles. The summed E-state index contributed by atoms with van der Waals surface area (Å²) in [7, 11) is 0. The summed E-state index contributed by atoms with van der Waals surface area (Å²) in [6.07, 6.45) is 4.83. The van der Waals surface area contributed by atoms with E-state index in [4.69, 9.17) is 0 Å². The van der Waals surface area contributed by atoms with E-state index >= 15 is 0 Å². The molecule has 1 aliphatic rings. The van der Waals surface area contributed by atoms with Crippen LogP contribution in [0, 0.1) is 0 Å². The summed E-state index contributed by atoms with van der Waals surface area (Å²) in [5, 5.41) is 9.48. The Balaban J connectivity index is 2.08. The van der Waals surface area contributed by atoms with Gasteiger partial charge in [-0.25, -0.2) is 0 Å². The molecule has 21 heavy (non-hydrogen) atoms. The zero-order valence-corrected chi connectivity index (χ0v) is 12.5. The third-order valence-electron chi connectivity index (χ3n) is 3.99. The van der Waals surface area contributed by atoms with Gasteiger partial charge in [0.15, 0.2) is 0 Å². The van der Waals surface area contributed by atoms with Crippen molar-refractivity contribution in [3.05, 3.63) is 29.8 Å². The number of ketones is 1. The summed E-state index contributed by atoms with van der Waals surface area (Å²) in [4.78, 5) is 25.9. The SMILES string of the molecule is CC(=O)CC1CCCCCN1C(=O)Cc1cccc(O)c1. The van der Waals surface area contributed by atoms with Crippen LogP contribution >= 0.6 is 0 Å². The van der Waals surface area contributed by atoms with Crippen LogP contribution in [0.4, 0.5) is 0 Å². The lowest BCUT2D eigenvalue weighted by atomic mass is 10.0. The van der Waals surface area contributed by atoms with E-state index in [2.05, 4.69) is 0 Å². The van der Waals surface area contributed by atoms with Gasteiger partial charge in [0.1, 0.15) is 11.5 Å². The molecule has 1 N–H and O–H groups in total. The van der Waals surface area contributed by atoms with Crippen LogP contribution in [0.25, 0.3) is 0 Å². The van der Waals surface area contributed by atoms with E-state index in [1.54, 1.807) is 25.1 Å². The molecule has 0 saturated carbocycles. The third-order valence-corrected chi connectivity index (χ3v) is 3.99. The molecule has 1 unspecified atom stereocenters. The van der Waals surface area contributed by atoms with Crippen molar-refractivity contribution in [3.8, 4) is 5.75 Å². The zero-order valence-electron chi connectivity index (χ0n) is 12.5. The van der Waals surface area contributed by atoms with E-state index in [0.717, 1.165) is 37.8 Å². The van der Waals surface area contributed by atoms with Crippen LogP contribution in [0.15, 0.2) is 24.3 Å². The van der Waals surface area contributed by atoms with Crippen LogP contribution in [0.1, 0.15) is 44.6 Å². The Morgan fingerprint density at radius 2 is 2.10 bits per heavy atom. The summed E-state index contributed by atoms with van der Waals surface area (Å²) in [6, 6.07) is 6.84. The average Bonchev–Trinajstić information content (AvgIpc) is 2.63. The molecule has 1 saturated heterocycles. The molecule has 0 bridgehead atoms. The fourth-order valence-corrected chi connectivity index (χ4v) is 2.99. The summed E-state index contributed by atoms with van der Waals surface area (Å²) in [6.45, 7) is 2.32. The summed E-state index contributed by atoms with van der Waals surface area (Å²) >= 11 is 0. The second-order valence-electron chi connectivity index (χ2n) is 5.84. The molecule has 0 spiro atoms. The molecule has 1 fully saturated rings. The Hall–Kier alpha value is -1.84. The fourth-order valence-electron chi connectivity index (χ4n) is 2.99. The van der Waals surface area contributed by atoms with Crippen molar-refractivity contribution in [1.29, 1.82) is 0 Å². The first-order chi connectivity index (χ1) is 10.1. The van der Waals surface area contributed by atoms with Crippen LogP contribution in [-0.4, -0.2) is 34.3 Å². The lowest BCUT2D eigenvalue weighted by Crippen LogP contribution is -2.41. The van der Waals surface area contributed by atoms with Gasteiger partial charge in [0.05, 0.1) is 6.42 Å². The summed E-state index contributed by atoms with van der Waals surface area (Å²) in [5.74, 6) is 0.363. The molecule has 1 atom stereocenters. The number of aromatic hydroxyl groups is 1. The minimum Gasteiger partial charge on any atom is -0.508 e. The molecule has 1 amide bonds. The van der Waals surface area contributed by atoms with Crippen LogP contribution in [0.2, 0.25) is 0 Å². The predicted octanol–water partition coefficient (Wildman–Crippen LogP) is 2.69. The van der Waals surface area contributed by atoms with Crippen LogP contribution < -0.4 is 0 Å². The number of nitrogens with zero attached hydrogens (tertiary/aromatic N) is 1. The van der Waals surface area contributed by atoms with Gasteiger partial charge in [0.2, 0.25) is 5.91 Å². The van der Waals surface area contributed by atoms with Crippen molar-refractivity contribution in [3.63, 3.8) is 0 Å². The first-order valence-electron chi connectivity index (χ1n) is 7.63. The van der Waals surface area contributed by atoms with Crippen molar-refractivity contribution in [2.24, 2.45) is 0 Å². The number of hydrogen-bond acceptors (Lipinski definition) is 3. The second kappa shape index (κ2) is 7.25. The van der Waals surface area contributed by atoms with Crippen LogP contribution in [-0.2, 0) is 16.0 Å². The quantitative estimate of drug-likeness (QED) is 0.927. The monoisotopic (exact) mass is 289 g/mol. The smallest absolute Gasteiger partial charge is 0.227 e. The number of phenols is 1. The Bertz CT molecular complexity index is 513. The number of hydrogen-bond donors (Lipinski definition) is 1. The average molecular weight is 289 g/mol. The number of amides is 1. The fraction of sp³-hybridized carbons (Fsp3) is 0.529. The summed E-state index contributed by atoms with van der Waals surface area (Å²) in [5.41, 5.74) is 0.811. The highest BCUT2D eigenvalue weighted by atomic mass is 16.3. The van der Waals surface area contributed by atoms with Gasteiger partial charge in [-0.1, -0.05) is 25.0 Å². The number of likely N-dealkylation sites (tertiary alicyclic amines) is 1. The highest BCUT2D eigenvalue weighted by Gasteiger charge is 2.26. The number of Topliss-reactive ketones (excluding diaryl/α,β-unsaturated/α-hetero) is 1. The normalized spacial score (nSPS) is 19.1. The molecule has 1 aromatic carbocycles. The maximum Gasteiger partial charge on any atom is 0.227 e. The van der Waals surface area contributed by atoms with Crippen LogP contribution in [0.5, 0.6) is 5.75 Å². The number of rotatable bonds is 4. The zero-order chi connectivity index (χ0) is 15.2. The Morgan fingerprint density at radius 3 is 2.81 bits per heavy atom. The van der Waals surface area contributed by atoms with E-state index in [1.165, 1.54) is 0 Å². The standard InChI is InChI=1S/C17H23NO3/c1-13(19)10-15-7-3-2-4-9-18(15)17(21)12-14-6-5-8-16(20)11-14/h5-6,8,11,15,20H,2-4,7,9-10,12H2,1H3. The molecule has 1 aliphatic heterocycles. The van der Waals surface area contributed by atoms with E-state index in [-0.39, 0.29) is 29.9 Å². The van der Waals surface area contributed by atoms with Gasteiger partial charge < -0.3 is 10.0 Å². The van der Waals surface area contributed by atoms with E-state index < -0.39 is 0 Å². The molecule has 0 radical (unpaired) electrons. The Kier molecular flexibility index (Phi) is 5.37. The van der Waals surface area contributed by atoms with Crippen molar-refractivity contribution in [2.75, 3.05) is 6.54 Å². The maximum absolute atomic E-state index is 12.6. The van der Waals surface area contributed by atoms with Gasteiger partial charge in [-0.2, -0.15) is 0 Å². The van der Waals surface area contributed by atoms with Crippen molar-refractivity contribution < 1.29 is 14.7 Å². The Labute approximate surface area is 125 Å². The van der Waals surface area contributed by atoms with Gasteiger partial charge in [0.25, 0.3) is 0 Å². The van der Waals surface area contributed by atoms with Crippen molar-refractivity contribution in [1.82, 2.24) is 4.90 Å². The first kappa shape index (κ1) is 15.5. The third kappa shape index (κ3) is 4.59. The van der Waals surface area contributed by atoms with Gasteiger partial charge in [-0.05, 0) is 37.5 Å². The maximum atomic E-state index is 12.6. The largest absolute Gasteiger partial charge is 0.508 e. The highest BCUT2D eigenvalue weighted by Crippen LogP contribution is 2.21. The molecule has 4 nitrogen and oxygen atoms in total. The topological polar surface area (TPSA) is 57.6 Å². The summed E-state index contributed by atoms with van der Waals surface area (Å²) < 4.78 is 0. The number of carbonyl (C=O) groups excluding carboxylic acids is 2. The predicted molar refractivity (Wildman–Crippen MR) is 81.1 cm³/mol. The van der Waals surface area contributed by atoms with Gasteiger partial charge >= 0.3 is 0 Å². The van der Waals surface area contributed by atoms with E-state index in [1.807, 2.05) is 11.0 Å². The van der Waals surface area contributed by atoms with Crippen molar-refractivity contribution >= 4 is 11.7 Å². The van der Waals surface area contributed by atoms with Gasteiger partial charge in [-0.15, -0.1) is 0 Å². The second-order valence-corrected chi connectivity index (χ2v) is 5.84. The van der Waals surface area contributed by atoms with Gasteiger partial charge in [-0.3, -0.25) is 9.59 Å². The molecule has 1 aromatic rings. The van der Waals surface area contributed by atoms with E-state index in [9.17, 15) is 14.7 Å². The molecule has 4 heteroatoms. The lowest BCUT2D eigenvalue weighted by Gasteiger charge is -2.29. The highest BCUT2D eigenvalue weighted by molar-refractivity contribution is 5.81. The lowest BCUT2D eigenvalue weighted by molar-refractivity contribution is -0.133. The minimum absolute atomic E-state index is 0.0369. The molecule has 0 aliphatic carbocycles. The molecule has 114 valence electrons. The van der Waals surface area contributed by atoms with Crippen molar-refractivity contribution in [2.45, 2.75) is 51.5 Å². The number of benzene rings is 1. The molecule has 0 aromatic heterocycles. The number of carbonyl (C=O) groups is 2. The van der Waals surface area contributed by atoms with Gasteiger partial charge in [0, 0.05) is 19.0 Å². The first-order valence-corrected chi connectivity index (χ1v) is 7.63. The molecule has 2 rings (SSSR count). The molecular formula is C17H23NO3. The number of phenolic OH excluding ortho intramolecular Hbond substituents is 1.